The Morgan fingerprint density at radius 2 is 2.00 bits per heavy atom. The average molecular weight is 287 g/mol. The molecule has 0 atom stereocenters. The maximum absolute atomic E-state index is 12.0. The Hall–Kier alpha value is -2.63. The molecule has 1 heterocycles. The number of aryl methyl sites for hydroxylation is 1. The van der Waals surface area contributed by atoms with Crippen molar-refractivity contribution in [3.63, 3.8) is 0 Å². The number of amides is 1. The van der Waals surface area contributed by atoms with Crippen LogP contribution in [0.4, 0.5) is 0 Å². The molecule has 0 bridgehead atoms. The summed E-state index contributed by atoms with van der Waals surface area (Å²) in [5.41, 5.74) is 1.87. The molecule has 0 aliphatic carbocycles. The number of hydrogen-bond acceptors (Lipinski definition) is 5. The topological polar surface area (TPSA) is 73.3 Å². The number of nitrogens with zero attached hydrogens (tertiary/aromatic N) is 2. The van der Waals surface area contributed by atoms with Gasteiger partial charge >= 0.3 is 0 Å². The number of hydrogen-bond donors (Lipinski definition) is 1. The minimum absolute atomic E-state index is 0.280. The van der Waals surface area contributed by atoms with E-state index in [2.05, 4.69) is 15.3 Å². The van der Waals surface area contributed by atoms with Crippen LogP contribution in [0, 0.1) is 6.92 Å². The van der Waals surface area contributed by atoms with Crippen LogP contribution in [0.3, 0.4) is 0 Å². The van der Waals surface area contributed by atoms with Crippen LogP contribution in [0.1, 0.15) is 21.7 Å². The molecule has 110 valence electrons. The van der Waals surface area contributed by atoms with Crippen molar-refractivity contribution in [2.75, 3.05) is 14.2 Å². The molecule has 6 nitrogen and oxygen atoms in total. The quantitative estimate of drug-likeness (QED) is 0.906. The zero-order valence-electron chi connectivity index (χ0n) is 12.2. The van der Waals surface area contributed by atoms with Crippen molar-refractivity contribution in [2.45, 2.75) is 13.5 Å². The molecular formula is C15H17N3O3. The number of methoxy groups -OCH3 is 2. The largest absolute Gasteiger partial charge is 0.493 e. The molecule has 0 radical (unpaired) electrons. The summed E-state index contributed by atoms with van der Waals surface area (Å²) in [4.78, 5) is 20.1. The monoisotopic (exact) mass is 287 g/mol. The van der Waals surface area contributed by atoms with Crippen LogP contribution in [-0.2, 0) is 6.54 Å². The van der Waals surface area contributed by atoms with Gasteiger partial charge in [0.25, 0.3) is 5.91 Å². The SMILES string of the molecule is COc1cccc(CNC(=O)c2cnc(C)cn2)c1OC. The Morgan fingerprint density at radius 1 is 1.19 bits per heavy atom. The van der Waals surface area contributed by atoms with Crippen LogP contribution in [0.5, 0.6) is 11.5 Å². The Labute approximate surface area is 123 Å². The molecule has 2 rings (SSSR count). The van der Waals surface area contributed by atoms with E-state index in [1.807, 2.05) is 19.1 Å². The molecule has 0 saturated carbocycles. The highest BCUT2D eigenvalue weighted by atomic mass is 16.5. The molecule has 0 unspecified atom stereocenters. The zero-order valence-corrected chi connectivity index (χ0v) is 12.2. The van der Waals surface area contributed by atoms with Gasteiger partial charge in [-0.2, -0.15) is 0 Å². The van der Waals surface area contributed by atoms with E-state index in [0.29, 0.717) is 18.0 Å². The van der Waals surface area contributed by atoms with Crippen molar-refractivity contribution in [2.24, 2.45) is 0 Å². The third-order valence-corrected chi connectivity index (χ3v) is 2.94. The van der Waals surface area contributed by atoms with Crippen LogP contribution in [0.25, 0.3) is 0 Å². The normalized spacial score (nSPS) is 10.0. The summed E-state index contributed by atoms with van der Waals surface area (Å²) >= 11 is 0. The molecule has 1 amide bonds. The van der Waals surface area contributed by atoms with Crippen molar-refractivity contribution in [3.05, 3.63) is 47.5 Å². The van der Waals surface area contributed by atoms with Gasteiger partial charge in [-0.15, -0.1) is 0 Å². The first-order valence-corrected chi connectivity index (χ1v) is 6.42. The predicted molar refractivity (Wildman–Crippen MR) is 77.5 cm³/mol. The van der Waals surface area contributed by atoms with Gasteiger partial charge in [-0.05, 0) is 13.0 Å². The summed E-state index contributed by atoms with van der Waals surface area (Å²) in [5.74, 6) is 0.946. The predicted octanol–water partition coefficient (Wildman–Crippen LogP) is 1.73. The second-order valence-electron chi connectivity index (χ2n) is 4.38. The van der Waals surface area contributed by atoms with Crippen LogP contribution in [-0.4, -0.2) is 30.1 Å². The molecule has 1 aromatic carbocycles. The number of rotatable bonds is 5. The number of ether oxygens (including phenoxy) is 2. The number of para-hydroxylation sites is 1. The average Bonchev–Trinajstić information content (AvgIpc) is 2.52. The maximum Gasteiger partial charge on any atom is 0.271 e. The molecule has 0 aliphatic heterocycles. The Morgan fingerprint density at radius 3 is 2.62 bits per heavy atom. The smallest absolute Gasteiger partial charge is 0.271 e. The first-order chi connectivity index (χ1) is 10.2. The second-order valence-corrected chi connectivity index (χ2v) is 4.38. The third kappa shape index (κ3) is 3.47. The van der Waals surface area contributed by atoms with E-state index in [0.717, 1.165) is 11.3 Å². The lowest BCUT2D eigenvalue weighted by atomic mass is 10.2. The second kappa shape index (κ2) is 6.69. The van der Waals surface area contributed by atoms with E-state index in [4.69, 9.17) is 9.47 Å². The Kier molecular flexibility index (Phi) is 4.71. The number of carbonyl (C=O) groups excluding carboxylic acids is 1. The highest BCUT2D eigenvalue weighted by Gasteiger charge is 2.12. The van der Waals surface area contributed by atoms with E-state index < -0.39 is 0 Å². The first kappa shape index (κ1) is 14.8. The van der Waals surface area contributed by atoms with Crippen molar-refractivity contribution in [1.29, 1.82) is 0 Å². The van der Waals surface area contributed by atoms with Crippen molar-refractivity contribution < 1.29 is 14.3 Å². The van der Waals surface area contributed by atoms with E-state index in [1.54, 1.807) is 26.5 Å². The molecular weight excluding hydrogens is 270 g/mol. The maximum atomic E-state index is 12.0. The van der Waals surface area contributed by atoms with Gasteiger partial charge in [0.05, 0.1) is 26.1 Å². The summed E-state index contributed by atoms with van der Waals surface area (Å²) in [6.07, 6.45) is 3.01. The van der Waals surface area contributed by atoms with Gasteiger partial charge in [-0.3, -0.25) is 9.78 Å². The van der Waals surface area contributed by atoms with E-state index in [9.17, 15) is 4.79 Å². The van der Waals surface area contributed by atoms with Crippen LogP contribution in [0.2, 0.25) is 0 Å². The summed E-state index contributed by atoms with van der Waals surface area (Å²) < 4.78 is 10.5. The van der Waals surface area contributed by atoms with Crippen LogP contribution >= 0.6 is 0 Å². The number of aromatic nitrogens is 2. The molecule has 2 aromatic rings. The highest BCUT2D eigenvalue weighted by molar-refractivity contribution is 5.91. The fourth-order valence-corrected chi connectivity index (χ4v) is 1.87. The zero-order chi connectivity index (χ0) is 15.2. The van der Waals surface area contributed by atoms with Crippen molar-refractivity contribution >= 4 is 5.91 Å². The van der Waals surface area contributed by atoms with E-state index in [1.165, 1.54) is 6.20 Å². The highest BCUT2D eigenvalue weighted by Crippen LogP contribution is 2.30. The fraction of sp³-hybridized carbons (Fsp3) is 0.267. The van der Waals surface area contributed by atoms with Gasteiger partial charge in [0.15, 0.2) is 11.5 Å². The molecule has 0 saturated heterocycles. The third-order valence-electron chi connectivity index (χ3n) is 2.94. The fourth-order valence-electron chi connectivity index (χ4n) is 1.87. The summed E-state index contributed by atoms with van der Waals surface area (Å²) in [6, 6.07) is 5.51. The van der Waals surface area contributed by atoms with Gasteiger partial charge in [0, 0.05) is 18.3 Å². The molecule has 21 heavy (non-hydrogen) atoms. The van der Waals surface area contributed by atoms with Gasteiger partial charge in [-0.1, -0.05) is 12.1 Å². The van der Waals surface area contributed by atoms with Crippen molar-refractivity contribution in [3.8, 4) is 11.5 Å². The lowest BCUT2D eigenvalue weighted by Gasteiger charge is -2.13. The van der Waals surface area contributed by atoms with Crippen LogP contribution in [0.15, 0.2) is 30.6 Å². The van der Waals surface area contributed by atoms with Gasteiger partial charge < -0.3 is 14.8 Å². The van der Waals surface area contributed by atoms with E-state index >= 15 is 0 Å². The Bertz CT molecular complexity index is 627. The van der Waals surface area contributed by atoms with Gasteiger partial charge in [0.2, 0.25) is 0 Å². The standard InChI is InChI=1S/C15H17N3O3/c1-10-7-17-12(9-16-10)15(19)18-8-11-5-4-6-13(20-2)14(11)21-3/h4-7,9H,8H2,1-3H3,(H,18,19). The van der Waals surface area contributed by atoms with Crippen molar-refractivity contribution in [1.82, 2.24) is 15.3 Å². The number of nitrogens with one attached hydrogen (secondary N) is 1. The lowest BCUT2D eigenvalue weighted by molar-refractivity contribution is 0.0945. The summed E-state index contributed by atoms with van der Waals surface area (Å²) in [5, 5.41) is 2.78. The number of carbonyl (C=O) groups is 1. The molecule has 0 fully saturated rings. The lowest BCUT2D eigenvalue weighted by Crippen LogP contribution is -2.24. The molecule has 6 heteroatoms. The molecule has 0 spiro atoms. The molecule has 1 aromatic heterocycles. The Balaban J connectivity index is 2.09. The minimum Gasteiger partial charge on any atom is -0.493 e. The van der Waals surface area contributed by atoms with Crippen LogP contribution < -0.4 is 14.8 Å². The van der Waals surface area contributed by atoms with Gasteiger partial charge in [0.1, 0.15) is 5.69 Å². The molecule has 1 N–H and O–H groups in total. The van der Waals surface area contributed by atoms with E-state index in [-0.39, 0.29) is 11.6 Å². The van der Waals surface area contributed by atoms with Gasteiger partial charge in [-0.25, -0.2) is 4.98 Å². The first-order valence-electron chi connectivity index (χ1n) is 6.42. The summed E-state index contributed by atoms with van der Waals surface area (Å²) in [7, 11) is 3.14. The summed E-state index contributed by atoms with van der Waals surface area (Å²) in [6.45, 7) is 2.13. The molecule has 0 aliphatic rings. The minimum atomic E-state index is -0.285. The number of benzene rings is 1.